The molecule has 0 spiro atoms. The molecule has 3 heterocycles. The molecule has 2 N–H and O–H groups in total. The molecular weight excluding hydrogens is 401 g/mol. The number of aromatic nitrogens is 1. The lowest BCUT2D eigenvalue weighted by molar-refractivity contribution is -0.123. The Labute approximate surface area is 180 Å². The van der Waals surface area contributed by atoms with Crippen LogP contribution >= 0.6 is 0 Å². The average molecular weight is 427 g/mol. The minimum absolute atomic E-state index is 0.0569. The second-order valence-corrected chi connectivity index (χ2v) is 7.65. The maximum atomic E-state index is 12.6. The molecule has 8 nitrogen and oxygen atoms in total. The van der Waals surface area contributed by atoms with Gasteiger partial charge < -0.3 is 20.3 Å². The van der Waals surface area contributed by atoms with Crippen molar-refractivity contribution in [3.05, 3.63) is 47.8 Å². The third kappa shape index (κ3) is 4.77. The number of benzene rings is 1. The van der Waals surface area contributed by atoms with Crippen LogP contribution in [0.1, 0.15) is 22.5 Å². The Balaban J connectivity index is 1.33. The first-order valence-electron chi connectivity index (χ1n) is 10.4. The zero-order chi connectivity index (χ0) is 21.8. The van der Waals surface area contributed by atoms with Crippen LogP contribution in [-0.2, 0) is 11.3 Å². The summed E-state index contributed by atoms with van der Waals surface area (Å²) < 4.78 is 18.2. The number of amides is 2. The van der Waals surface area contributed by atoms with E-state index in [4.69, 9.17) is 4.74 Å². The fourth-order valence-corrected chi connectivity index (χ4v) is 3.84. The number of nitrogens with zero attached hydrogens (tertiary/aromatic N) is 3. The van der Waals surface area contributed by atoms with Gasteiger partial charge in [-0.3, -0.25) is 18.9 Å². The Morgan fingerprint density at radius 2 is 2.06 bits per heavy atom. The fraction of sp³-hybridized carbons (Fsp3) is 0.409. The topological polar surface area (TPSA) is 86.8 Å². The summed E-state index contributed by atoms with van der Waals surface area (Å²) in [5, 5.41) is 5.40. The Hall–Kier alpha value is -3.20. The molecule has 9 heteroatoms. The molecule has 1 atom stereocenters. The van der Waals surface area contributed by atoms with Gasteiger partial charge in [0.25, 0.3) is 11.8 Å². The van der Waals surface area contributed by atoms with Crippen molar-refractivity contribution in [2.45, 2.75) is 19.1 Å². The molecule has 2 aliphatic heterocycles. The van der Waals surface area contributed by atoms with Crippen molar-refractivity contribution in [3.8, 4) is 5.75 Å². The smallest absolute Gasteiger partial charge is 0.269 e. The number of alkyl halides is 1. The lowest BCUT2D eigenvalue weighted by atomic mass is 10.1. The maximum Gasteiger partial charge on any atom is 0.269 e. The van der Waals surface area contributed by atoms with E-state index >= 15 is 0 Å². The van der Waals surface area contributed by atoms with Crippen LogP contribution in [0.3, 0.4) is 0 Å². The molecule has 0 bridgehead atoms. The molecule has 0 saturated carbocycles. The zero-order valence-electron chi connectivity index (χ0n) is 17.4. The number of carbonyl (C=O) groups excluding carboxylic acids is 2. The summed E-state index contributed by atoms with van der Waals surface area (Å²) in [6.07, 6.45) is 1.03. The number of ether oxygens (including phenoxy) is 1. The molecular formula is C22H26FN5O3. The first kappa shape index (κ1) is 21.0. The van der Waals surface area contributed by atoms with E-state index in [1.54, 1.807) is 19.3 Å². The Kier molecular flexibility index (Phi) is 6.31. The van der Waals surface area contributed by atoms with Gasteiger partial charge in [-0.1, -0.05) is 6.07 Å². The van der Waals surface area contributed by atoms with Gasteiger partial charge in [-0.05, 0) is 29.8 Å². The Morgan fingerprint density at radius 1 is 1.26 bits per heavy atom. The van der Waals surface area contributed by atoms with Crippen LogP contribution in [0, 0.1) is 0 Å². The van der Waals surface area contributed by atoms with Crippen molar-refractivity contribution < 1.29 is 18.7 Å². The lowest BCUT2D eigenvalue weighted by Crippen LogP contribution is -2.46. The van der Waals surface area contributed by atoms with Crippen LogP contribution in [0.5, 0.6) is 5.75 Å². The number of hydrogen-bond donors (Lipinski definition) is 2. The predicted octanol–water partition coefficient (Wildman–Crippen LogP) is 1.82. The molecule has 1 fully saturated rings. The van der Waals surface area contributed by atoms with Gasteiger partial charge in [-0.25, -0.2) is 4.98 Å². The van der Waals surface area contributed by atoms with Crippen LogP contribution in [0.25, 0.3) is 0 Å². The molecule has 1 saturated heterocycles. The lowest BCUT2D eigenvalue weighted by Gasteiger charge is -2.36. The van der Waals surface area contributed by atoms with Crippen molar-refractivity contribution in [1.29, 1.82) is 0 Å². The third-order valence-corrected chi connectivity index (χ3v) is 5.59. The van der Waals surface area contributed by atoms with E-state index in [9.17, 15) is 14.0 Å². The minimum Gasteiger partial charge on any atom is -0.478 e. The Morgan fingerprint density at radius 3 is 2.74 bits per heavy atom. The summed E-state index contributed by atoms with van der Waals surface area (Å²) in [4.78, 5) is 32.5. The first-order chi connectivity index (χ1) is 15.1. The predicted molar refractivity (Wildman–Crippen MR) is 115 cm³/mol. The summed E-state index contributed by atoms with van der Waals surface area (Å²) in [5.41, 5.74) is 3.13. The largest absolute Gasteiger partial charge is 0.478 e. The molecule has 1 aromatic carbocycles. The number of piperazine rings is 1. The quantitative estimate of drug-likeness (QED) is 0.732. The summed E-state index contributed by atoms with van der Waals surface area (Å²) in [6, 6.07) is 9.41. The molecule has 4 rings (SSSR count). The van der Waals surface area contributed by atoms with Gasteiger partial charge in [0.15, 0.2) is 6.10 Å². The molecule has 0 aliphatic carbocycles. The first-order valence-corrected chi connectivity index (χ1v) is 10.4. The molecule has 2 aromatic rings. The number of halogens is 1. The van der Waals surface area contributed by atoms with Gasteiger partial charge in [0.05, 0.1) is 24.2 Å². The van der Waals surface area contributed by atoms with Crippen LogP contribution in [0.2, 0.25) is 0 Å². The monoisotopic (exact) mass is 427 g/mol. The van der Waals surface area contributed by atoms with Crippen LogP contribution in [-0.4, -0.2) is 67.7 Å². The van der Waals surface area contributed by atoms with E-state index in [2.05, 4.69) is 25.4 Å². The number of carbonyl (C=O) groups is 2. The second kappa shape index (κ2) is 9.30. The third-order valence-electron chi connectivity index (χ3n) is 5.59. The number of fused-ring (bicyclic) bond motifs is 1. The maximum absolute atomic E-state index is 12.6. The highest BCUT2D eigenvalue weighted by molar-refractivity contribution is 5.97. The minimum atomic E-state index is -0.767. The molecule has 0 radical (unpaired) electrons. The molecule has 164 valence electrons. The van der Waals surface area contributed by atoms with Gasteiger partial charge in [0.1, 0.15) is 11.4 Å². The number of pyridine rings is 1. The molecule has 31 heavy (non-hydrogen) atoms. The summed E-state index contributed by atoms with van der Waals surface area (Å²) in [7, 11) is 1.59. The van der Waals surface area contributed by atoms with Crippen molar-refractivity contribution in [1.82, 2.24) is 15.2 Å². The Bertz CT molecular complexity index is 945. The number of rotatable bonds is 6. The molecule has 1 aromatic heterocycles. The molecule has 2 amide bonds. The van der Waals surface area contributed by atoms with Crippen molar-refractivity contribution in [2.75, 3.05) is 50.1 Å². The van der Waals surface area contributed by atoms with Crippen molar-refractivity contribution in [2.24, 2.45) is 0 Å². The van der Waals surface area contributed by atoms with Gasteiger partial charge in [0.2, 0.25) is 0 Å². The average Bonchev–Trinajstić information content (AvgIpc) is 2.80. The summed E-state index contributed by atoms with van der Waals surface area (Å²) >= 11 is 0. The van der Waals surface area contributed by atoms with E-state index < -0.39 is 12.8 Å². The van der Waals surface area contributed by atoms with Crippen LogP contribution in [0.15, 0.2) is 36.5 Å². The second-order valence-electron chi connectivity index (χ2n) is 7.65. The van der Waals surface area contributed by atoms with Crippen molar-refractivity contribution in [3.63, 3.8) is 0 Å². The SMILES string of the molecule is CNC(=O)c1ccc(N2CCN(Cc3ccc4c(c3)NC(=O)C(CCF)O4)CC2)cn1. The normalized spacial score (nSPS) is 18.7. The van der Waals surface area contributed by atoms with Gasteiger partial charge >= 0.3 is 0 Å². The number of anilines is 2. The highest BCUT2D eigenvalue weighted by Gasteiger charge is 2.27. The highest BCUT2D eigenvalue weighted by Crippen LogP contribution is 2.31. The van der Waals surface area contributed by atoms with Gasteiger partial charge in [0, 0.05) is 46.2 Å². The number of hydrogen-bond acceptors (Lipinski definition) is 6. The van der Waals surface area contributed by atoms with Crippen LogP contribution < -0.4 is 20.3 Å². The van der Waals surface area contributed by atoms with Gasteiger partial charge in [-0.15, -0.1) is 0 Å². The van der Waals surface area contributed by atoms with E-state index in [1.807, 2.05) is 24.3 Å². The molecule has 1 unspecified atom stereocenters. The van der Waals surface area contributed by atoms with Crippen LogP contribution in [0.4, 0.5) is 15.8 Å². The van der Waals surface area contributed by atoms with E-state index in [-0.39, 0.29) is 18.2 Å². The van der Waals surface area contributed by atoms with Crippen molar-refractivity contribution >= 4 is 23.2 Å². The highest BCUT2D eigenvalue weighted by atomic mass is 19.1. The van der Waals surface area contributed by atoms with E-state index in [1.165, 1.54) is 0 Å². The number of nitrogens with one attached hydrogen (secondary N) is 2. The molecule has 2 aliphatic rings. The zero-order valence-corrected chi connectivity index (χ0v) is 17.4. The van der Waals surface area contributed by atoms with E-state index in [0.29, 0.717) is 17.1 Å². The standard InChI is InChI=1S/C22H26FN5O3/c1-24-21(29)17-4-3-16(13-25-17)28-10-8-27(9-11-28)14-15-2-5-19-18(12-15)26-22(30)20(31-19)6-7-23/h2-5,12-13,20H,6-11,14H2,1H3,(H,24,29)(H,26,30). The summed E-state index contributed by atoms with van der Waals surface area (Å²) in [5.74, 6) is 0.0900. The fourth-order valence-electron chi connectivity index (χ4n) is 3.84. The summed E-state index contributed by atoms with van der Waals surface area (Å²) in [6.45, 7) is 3.66. The van der Waals surface area contributed by atoms with E-state index in [0.717, 1.165) is 44.0 Å². The van der Waals surface area contributed by atoms with Gasteiger partial charge in [-0.2, -0.15) is 0 Å².